The lowest BCUT2D eigenvalue weighted by atomic mass is 10.1. The molecule has 2 amide bonds. The predicted octanol–water partition coefficient (Wildman–Crippen LogP) is 4.96. The first kappa shape index (κ1) is 24.5. The van der Waals surface area contributed by atoms with Crippen LogP contribution in [-0.4, -0.2) is 32.3 Å². The molecule has 0 saturated carbocycles. The van der Waals surface area contributed by atoms with E-state index in [0.717, 1.165) is 11.3 Å². The Bertz CT molecular complexity index is 1160. The number of nitrogens with zero attached hydrogens (tertiary/aromatic N) is 3. The Labute approximate surface area is 202 Å². The van der Waals surface area contributed by atoms with E-state index in [1.165, 1.54) is 17.3 Å². The smallest absolute Gasteiger partial charge is 0.251 e. The molecule has 1 atom stereocenters. The second kappa shape index (κ2) is 11.2. The number of hydrogen-bond donors (Lipinski definition) is 2. The van der Waals surface area contributed by atoms with E-state index in [1.54, 1.807) is 30.3 Å². The molecule has 7 nitrogen and oxygen atoms in total. The second-order valence-electron chi connectivity index (χ2n) is 7.58. The molecule has 3 rings (SSSR count). The van der Waals surface area contributed by atoms with Crippen LogP contribution < -0.4 is 10.6 Å². The van der Waals surface area contributed by atoms with Crippen molar-refractivity contribution in [1.29, 1.82) is 0 Å². The SMILES string of the molecule is C=CCn1c(SCC(=O)Nc2ccc(C)c(C)c2)nnc1[C@H](C)NC(=O)c1ccc(Cl)cc1. The number of anilines is 1. The summed E-state index contributed by atoms with van der Waals surface area (Å²) in [6.45, 7) is 10.1. The topological polar surface area (TPSA) is 88.9 Å². The van der Waals surface area contributed by atoms with Crippen molar-refractivity contribution in [2.75, 3.05) is 11.1 Å². The summed E-state index contributed by atoms with van der Waals surface area (Å²) in [5.41, 5.74) is 3.55. The van der Waals surface area contributed by atoms with E-state index >= 15 is 0 Å². The fraction of sp³-hybridized carbons (Fsp3) is 0.250. The fourth-order valence-electron chi connectivity index (χ4n) is 3.12. The molecule has 0 spiro atoms. The first-order valence-corrected chi connectivity index (χ1v) is 11.7. The van der Waals surface area contributed by atoms with Crippen molar-refractivity contribution >= 4 is 40.9 Å². The highest BCUT2D eigenvalue weighted by Crippen LogP contribution is 2.22. The van der Waals surface area contributed by atoms with Crippen molar-refractivity contribution in [1.82, 2.24) is 20.1 Å². The lowest BCUT2D eigenvalue weighted by Gasteiger charge is -2.15. The van der Waals surface area contributed by atoms with Gasteiger partial charge in [0.05, 0.1) is 11.8 Å². The van der Waals surface area contributed by atoms with Crippen LogP contribution in [0.25, 0.3) is 0 Å². The standard InChI is InChI=1S/C24H26ClN5O2S/c1-5-12-30-22(17(4)26-23(32)18-7-9-19(25)10-8-18)28-29-24(30)33-14-21(31)27-20-11-6-15(2)16(3)13-20/h5-11,13,17H,1,12,14H2,2-4H3,(H,26,32)(H,27,31)/t17-/m0/s1. The van der Waals surface area contributed by atoms with Gasteiger partial charge in [0.25, 0.3) is 5.91 Å². The van der Waals surface area contributed by atoms with E-state index in [2.05, 4.69) is 27.4 Å². The molecule has 0 unspecified atom stereocenters. The number of allylic oxidation sites excluding steroid dienone is 1. The number of halogens is 1. The van der Waals surface area contributed by atoms with E-state index < -0.39 is 6.04 Å². The summed E-state index contributed by atoms with van der Waals surface area (Å²) in [6, 6.07) is 12.1. The number of carbonyl (C=O) groups excluding carboxylic acids is 2. The summed E-state index contributed by atoms with van der Waals surface area (Å²) in [6.07, 6.45) is 1.72. The number of thioether (sulfide) groups is 1. The molecule has 33 heavy (non-hydrogen) atoms. The minimum absolute atomic E-state index is 0.137. The molecule has 0 bridgehead atoms. The van der Waals surface area contributed by atoms with E-state index in [1.807, 2.05) is 43.5 Å². The van der Waals surface area contributed by atoms with E-state index in [9.17, 15) is 9.59 Å². The predicted molar refractivity (Wildman–Crippen MR) is 133 cm³/mol. The Balaban J connectivity index is 1.65. The van der Waals surface area contributed by atoms with Gasteiger partial charge < -0.3 is 15.2 Å². The fourth-order valence-corrected chi connectivity index (χ4v) is 4.00. The first-order valence-electron chi connectivity index (χ1n) is 10.4. The molecule has 1 aromatic heterocycles. The summed E-state index contributed by atoms with van der Waals surface area (Å²) in [5, 5.41) is 15.5. The Morgan fingerprint density at radius 1 is 1.15 bits per heavy atom. The van der Waals surface area contributed by atoms with Crippen LogP contribution in [0, 0.1) is 13.8 Å². The number of nitrogens with one attached hydrogen (secondary N) is 2. The molecule has 0 radical (unpaired) electrons. The highest BCUT2D eigenvalue weighted by atomic mass is 35.5. The van der Waals surface area contributed by atoms with Gasteiger partial charge in [-0.3, -0.25) is 9.59 Å². The van der Waals surface area contributed by atoms with Crippen LogP contribution in [0.4, 0.5) is 5.69 Å². The van der Waals surface area contributed by atoms with Crippen molar-refractivity contribution in [3.8, 4) is 0 Å². The molecule has 0 saturated heterocycles. The van der Waals surface area contributed by atoms with Crippen molar-refractivity contribution < 1.29 is 9.59 Å². The zero-order chi connectivity index (χ0) is 24.0. The Kier molecular flexibility index (Phi) is 8.30. The van der Waals surface area contributed by atoms with Gasteiger partial charge in [-0.1, -0.05) is 35.5 Å². The van der Waals surface area contributed by atoms with Crippen LogP contribution in [0.15, 0.2) is 60.3 Å². The normalized spacial score (nSPS) is 11.6. The molecule has 0 fully saturated rings. The Hall–Kier alpha value is -3.10. The number of benzene rings is 2. The molecule has 172 valence electrons. The van der Waals surface area contributed by atoms with Crippen molar-refractivity contribution in [2.24, 2.45) is 0 Å². The van der Waals surface area contributed by atoms with Crippen molar-refractivity contribution in [2.45, 2.75) is 38.5 Å². The average Bonchev–Trinajstić information content (AvgIpc) is 3.18. The van der Waals surface area contributed by atoms with Crippen molar-refractivity contribution in [3.63, 3.8) is 0 Å². The molecule has 9 heteroatoms. The minimum Gasteiger partial charge on any atom is -0.342 e. The first-order chi connectivity index (χ1) is 15.8. The third-order valence-electron chi connectivity index (χ3n) is 5.02. The third-order valence-corrected chi connectivity index (χ3v) is 6.24. The quantitative estimate of drug-likeness (QED) is 0.332. The maximum atomic E-state index is 12.6. The zero-order valence-electron chi connectivity index (χ0n) is 18.8. The maximum absolute atomic E-state index is 12.6. The number of hydrogen-bond acceptors (Lipinski definition) is 5. The zero-order valence-corrected chi connectivity index (χ0v) is 20.3. The molecule has 2 N–H and O–H groups in total. The van der Waals surface area contributed by atoms with Crippen LogP contribution in [0.2, 0.25) is 5.02 Å². The Morgan fingerprint density at radius 2 is 1.88 bits per heavy atom. The largest absolute Gasteiger partial charge is 0.342 e. The summed E-state index contributed by atoms with van der Waals surface area (Å²) < 4.78 is 1.84. The van der Waals surface area contributed by atoms with Gasteiger partial charge in [0, 0.05) is 22.8 Å². The number of aryl methyl sites for hydroxylation is 2. The monoisotopic (exact) mass is 483 g/mol. The van der Waals surface area contributed by atoms with Crippen LogP contribution in [0.3, 0.4) is 0 Å². The summed E-state index contributed by atoms with van der Waals surface area (Å²) >= 11 is 7.17. The van der Waals surface area contributed by atoms with Gasteiger partial charge in [-0.05, 0) is 68.3 Å². The van der Waals surface area contributed by atoms with Crippen LogP contribution in [-0.2, 0) is 11.3 Å². The molecule has 0 aliphatic carbocycles. The van der Waals surface area contributed by atoms with E-state index in [-0.39, 0.29) is 17.6 Å². The third kappa shape index (κ3) is 6.46. The molecule has 1 heterocycles. The van der Waals surface area contributed by atoms with Gasteiger partial charge in [0.2, 0.25) is 5.91 Å². The maximum Gasteiger partial charge on any atom is 0.251 e. The Morgan fingerprint density at radius 3 is 2.55 bits per heavy atom. The summed E-state index contributed by atoms with van der Waals surface area (Å²) in [5.74, 6) is 0.374. The highest BCUT2D eigenvalue weighted by Gasteiger charge is 2.20. The lowest BCUT2D eigenvalue weighted by Crippen LogP contribution is -2.28. The molecule has 0 aliphatic rings. The molecule has 3 aromatic rings. The molecule has 0 aliphatic heterocycles. The highest BCUT2D eigenvalue weighted by molar-refractivity contribution is 7.99. The van der Waals surface area contributed by atoms with Crippen LogP contribution in [0.1, 0.15) is 40.3 Å². The van der Waals surface area contributed by atoms with E-state index in [4.69, 9.17) is 11.6 Å². The number of amides is 2. The van der Waals surface area contributed by atoms with Gasteiger partial charge >= 0.3 is 0 Å². The summed E-state index contributed by atoms with van der Waals surface area (Å²) in [7, 11) is 0. The molecule has 2 aromatic carbocycles. The van der Waals surface area contributed by atoms with E-state index in [0.29, 0.717) is 28.1 Å². The van der Waals surface area contributed by atoms with Crippen LogP contribution >= 0.6 is 23.4 Å². The number of rotatable bonds is 9. The van der Waals surface area contributed by atoms with Gasteiger partial charge in [0.1, 0.15) is 0 Å². The molecular formula is C24H26ClN5O2S. The second-order valence-corrected chi connectivity index (χ2v) is 8.96. The lowest BCUT2D eigenvalue weighted by molar-refractivity contribution is -0.113. The van der Waals surface area contributed by atoms with Gasteiger partial charge in [-0.2, -0.15) is 0 Å². The molecular weight excluding hydrogens is 458 g/mol. The van der Waals surface area contributed by atoms with Gasteiger partial charge in [0.15, 0.2) is 11.0 Å². The van der Waals surface area contributed by atoms with Crippen LogP contribution in [0.5, 0.6) is 0 Å². The minimum atomic E-state index is -0.403. The van der Waals surface area contributed by atoms with Gasteiger partial charge in [-0.15, -0.1) is 16.8 Å². The number of aromatic nitrogens is 3. The van der Waals surface area contributed by atoms with Crippen molar-refractivity contribution in [3.05, 3.63) is 82.7 Å². The van der Waals surface area contributed by atoms with Gasteiger partial charge in [-0.25, -0.2) is 0 Å². The average molecular weight is 484 g/mol. The number of carbonyl (C=O) groups is 2. The summed E-state index contributed by atoms with van der Waals surface area (Å²) in [4.78, 5) is 25.0.